The lowest BCUT2D eigenvalue weighted by molar-refractivity contribution is 0.0734. The summed E-state index contributed by atoms with van der Waals surface area (Å²) in [5.41, 5.74) is 3.39. The molecular formula is C20H15Cl2NO3. The maximum Gasteiger partial charge on any atom is 0.254 e. The van der Waals surface area contributed by atoms with Gasteiger partial charge in [0.25, 0.3) is 5.91 Å². The van der Waals surface area contributed by atoms with Crippen LogP contribution in [0.3, 0.4) is 0 Å². The van der Waals surface area contributed by atoms with E-state index in [2.05, 4.69) is 0 Å². The van der Waals surface area contributed by atoms with E-state index < -0.39 is 0 Å². The number of halogens is 2. The van der Waals surface area contributed by atoms with Gasteiger partial charge in [0.15, 0.2) is 5.78 Å². The van der Waals surface area contributed by atoms with Gasteiger partial charge in [-0.15, -0.1) is 0 Å². The highest BCUT2D eigenvalue weighted by Gasteiger charge is 2.26. The van der Waals surface area contributed by atoms with Crippen molar-refractivity contribution in [3.8, 4) is 0 Å². The van der Waals surface area contributed by atoms with Crippen LogP contribution >= 0.6 is 23.2 Å². The van der Waals surface area contributed by atoms with E-state index in [4.69, 9.17) is 27.6 Å². The minimum atomic E-state index is -0.159. The molecule has 26 heavy (non-hydrogen) atoms. The van der Waals surface area contributed by atoms with Crippen molar-refractivity contribution in [2.75, 3.05) is 6.54 Å². The summed E-state index contributed by atoms with van der Waals surface area (Å²) in [5, 5.41) is 1.69. The molecule has 1 amide bonds. The van der Waals surface area contributed by atoms with Crippen molar-refractivity contribution in [3.63, 3.8) is 0 Å². The van der Waals surface area contributed by atoms with Crippen LogP contribution in [0.4, 0.5) is 0 Å². The van der Waals surface area contributed by atoms with Crippen LogP contribution in [0.25, 0.3) is 11.0 Å². The zero-order chi connectivity index (χ0) is 18.4. The van der Waals surface area contributed by atoms with Crippen molar-refractivity contribution < 1.29 is 14.0 Å². The Labute approximate surface area is 160 Å². The van der Waals surface area contributed by atoms with Gasteiger partial charge in [-0.25, -0.2) is 0 Å². The Morgan fingerprint density at radius 2 is 1.96 bits per heavy atom. The first-order chi connectivity index (χ1) is 12.5. The number of rotatable bonds is 2. The van der Waals surface area contributed by atoms with Crippen LogP contribution in [0.5, 0.6) is 0 Å². The quantitative estimate of drug-likeness (QED) is 0.571. The van der Waals surface area contributed by atoms with Gasteiger partial charge < -0.3 is 9.32 Å². The number of amides is 1. The van der Waals surface area contributed by atoms with Crippen molar-refractivity contribution in [3.05, 3.63) is 68.9 Å². The Bertz CT molecular complexity index is 1050. The minimum Gasteiger partial charge on any atom is -0.464 e. The molecule has 0 saturated carbocycles. The molecule has 4 nitrogen and oxygen atoms in total. The minimum absolute atomic E-state index is 0.0724. The Kier molecular flexibility index (Phi) is 4.25. The summed E-state index contributed by atoms with van der Waals surface area (Å²) in [6.07, 6.45) is 2.19. The molecule has 0 unspecified atom stereocenters. The monoisotopic (exact) mass is 387 g/mol. The topological polar surface area (TPSA) is 50.5 Å². The standard InChI is InChI=1S/C20H15Cl2NO3/c1-11(24)18-16(21)8-14-10-23(6-4-15(14)19(18)22)20(25)13-3-2-12-5-7-26-17(12)9-13/h2-3,5,7-9H,4,6,10H2,1H3. The van der Waals surface area contributed by atoms with E-state index in [-0.39, 0.29) is 11.7 Å². The zero-order valence-electron chi connectivity index (χ0n) is 14.0. The third kappa shape index (κ3) is 2.79. The molecule has 1 aromatic heterocycles. The van der Waals surface area contributed by atoms with Crippen LogP contribution in [-0.2, 0) is 13.0 Å². The molecule has 1 aliphatic rings. The lowest BCUT2D eigenvalue weighted by atomic mass is 9.95. The van der Waals surface area contributed by atoms with E-state index in [0.717, 1.165) is 16.5 Å². The average Bonchev–Trinajstić information content (AvgIpc) is 3.07. The van der Waals surface area contributed by atoms with Crippen LogP contribution in [0.15, 0.2) is 41.0 Å². The van der Waals surface area contributed by atoms with E-state index in [1.54, 1.807) is 29.4 Å². The van der Waals surface area contributed by atoms with Crippen LogP contribution in [0.1, 0.15) is 38.8 Å². The molecule has 2 heterocycles. The molecule has 0 saturated heterocycles. The fraction of sp³-hybridized carbons (Fsp3) is 0.200. The smallest absolute Gasteiger partial charge is 0.254 e. The zero-order valence-corrected chi connectivity index (χ0v) is 15.5. The summed E-state index contributed by atoms with van der Waals surface area (Å²) in [5.74, 6) is -0.232. The maximum absolute atomic E-state index is 12.9. The lowest BCUT2D eigenvalue weighted by Crippen LogP contribution is -2.36. The maximum atomic E-state index is 12.9. The Hall–Kier alpha value is -2.30. The molecule has 0 atom stereocenters. The molecule has 2 aromatic carbocycles. The van der Waals surface area contributed by atoms with Gasteiger partial charge in [0, 0.05) is 24.0 Å². The molecule has 0 fully saturated rings. The summed E-state index contributed by atoms with van der Waals surface area (Å²) >= 11 is 12.6. The predicted molar refractivity (Wildman–Crippen MR) is 101 cm³/mol. The highest BCUT2D eigenvalue weighted by atomic mass is 35.5. The normalized spacial score (nSPS) is 13.7. The highest BCUT2D eigenvalue weighted by molar-refractivity contribution is 6.40. The third-order valence-electron chi connectivity index (χ3n) is 4.75. The second-order valence-electron chi connectivity index (χ2n) is 6.39. The van der Waals surface area contributed by atoms with Crippen molar-refractivity contribution in [2.24, 2.45) is 0 Å². The summed E-state index contributed by atoms with van der Waals surface area (Å²) in [4.78, 5) is 26.4. The average molecular weight is 388 g/mol. The van der Waals surface area contributed by atoms with Gasteiger partial charge in [-0.05, 0) is 48.7 Å². The molecule has 0 radical (unpaired) electrons. The van der Waals surface area contributed by atoms with E-state index in [0.29, 0.717) is 46.3 Å². The number of hydrogen-bond donors (Lipinski definition) is 0. The number of carbonyl (C=O) groups excluding carboxylic acids is 2. The van der Waals surface area contributed by atoms with Crippen LogP contribution < -0.4 is 0 Å². The second kappa shape index (κ2) is 6.45. The van der Waals surface area contributed by atoms with E-state index in [1.807, 2.05) is 12.1 Å². The molecule has 132 valence electrons. The molecule has 0 spiro atoms. The van der Waals surface area contributed by atoms with Crippen molar-refractivity contribution in [1.82, 2.24) is 4.90 Å². The molecule has 0 N–H and O–H groups in total. The van der Waals surface area contributed by atoms with Gasteiger partial charge in [0.1, 0.15) is 5.58 Å². The Balaban J connectivity index is 1.65. The number of ketones is 1. The Morgan fingerprint density at radius 1 is 1.15 bits per heavy atom. The van der Waals surface area contributed by atoms with E-state index >= 15 is 0 Å². The van der Waals surface area contributed by atoms with Gasteiger partial charge in [-0.3, -0.25) is 9.59 Å². The van der Waals surface area contributed by atoms with E-state index in [1.165, 1.54) is 6.92 Å². The predicted octanol–water partition coefficient (Wildman–Crippen LogP) is 5.14. The molecule has 1 aliphatic heterocycles. The third-order valence-corrected chi connectivity index (χ3v) is 5.46. The fourth-order valence-electron chi connectivity index (χ4n) is 3.42. The molecule has 3 aromatic rings. The molecular weight excluding hydrogens is 373 g/mol. The SMILES string of the molecule is CC(=O)c1c(Cl)cc2c(c1Cl)CCN(C(=O)c1ccc3ccoc3c1)C2. The van der Waals surface area contributed by atoms with Gasteiger partial charge >= 0.3 is 0 Å². The molecule has 6 heteroatoms. The van der Waals surface area contributed by atoms with Crippen LogP contribution in [0, 0.1) is 0 Å². The number of carbonyl (C=O) groups is 2. The van der Waals surface area contributed by atoms with Crippen molar-refractivity contribution in [2.45, 2.75) is 19.9 Å². The van der Waals surface area contributed by atoms with Gasteiger partial charge in [-0.1, -0.05) is 29.3 Å². The first kappa shape index (κ1) is 17.1. The van der Waals surface area contributed by atoms with Crippen LogP contribution in [0.2, 0.25) is 10.0 Å². The molecule has 4 rings (SSSR count). The van der Waals surface area contributed by atoms with Gasteiger partial charge in [-0.2, -0.15) is 0 Å². The molecule has 0 bridgehead atoms. The molecule has 0 aliphatic carbocycles. The van der Waals surface area contributed by atoms with Crippen molar-refractivity contribution >= 4 is 45.9 Å². The summed E-state index contributed by atoms with van der Waals surface area (Å²) < 4.78 is 5.38. The number of furan rings is 1. The Morgan fingerprint density at radius 3 is 2.73 bits per heavy atom. The second-order valence-corrected chi connectivity index (χ2v) is 7.18. The van der Waals surface area contributed by atoms with Gasteiger partial charge in [0.05, 0.1) is 21.9 Å². The van der Waals surface area contributed by atoms with Gasteiger partial charge in [0.2, 0.25) is 0 Å². The van der Waals surface area contributed by atoms with Crippen molar-refractivity contribution in [1.29, 1.82) is 0 Å². The van der Waals surface area contributed by atoms with E-state index in [9.17, 15) is 9.59 Å². The highest BCUT2D eigenvalue weighted by Crippen LogP contribution is 2.35. The number of Topliss-reactive ketones (excluding diaryl/α,β-unsaturated/α-hetero) is 1. The number of nitrogens with zero attached hydrogens (tertiary/aromatic N) is 1. The number of benzene rings is 2. The largest absolute Gasteiger partial charge is 0.464 e. The summed E-state index contributed by atoms with van der Waals surface area (Å²) in [6.45, 7) is 2.38. The number of hydrogen-bond acceptors (Lipinski definition) is 3. The summed E-state index contributed by atoms with van der Waals surface area (Å²) in [6, 6.07) is 9.03. The first-order valence-electron chi connectivity index (χ1n) is 8.23. The lowest BCUT2D eigenvalue weighted by Gasteiger charge is -2.30. The number of fused-ring (bicyclic) bond motifs is 2. The van der Waals surface area contributed by atoms with Crippen LogP contribution in [-0.4, -0.2) is 23.1 Å². The fourth-order valence-corrected chi connectivity index (χ4v) is 4.28. The first-order valence-corrected chi connectivity index (χ1v) is 8.98. The summed E-state index contributed by atoms with van der Waals surface area (Å²) in [7, 11) is 0.